The highest BCUT2D eigenvalue weighted by Gasteiger charge is 2.61. The van der Waals surface area contributed by atoms with Crippen LogP contribution < -0.4 is 10.5 Å². The van der Waals surface area contributed by atoms with Crippen LogP contribution in [0.15, 0.2) is 29.0 Å². The summed E-state index contributed by atoms with van der Waals surface area (Å²) in [5, 5.41) is 45.8. The number of fused-ring (bicyclic) bond motifs is 4. The first-order valence-electron chi connectivity index (χ1n) is 13.1. The lowest BCUT2D eigenvalue weighted by Crippen LogP contribution is -2.56. The number of phenolic OH excluding ortho intramolecular Hbond substituents is 2. The SMILES string of the molecule is COc1cc(O)c2c(O)c3c(c4c2c1[C@]1(C4)C(C)=CCCC1(C)C)CC1CC(=O)C(C(N)=O)=C(O)[C@@]1(O)C3=O. The summed E-state index contributed by atoms with van der Waals surface area (Å²) in [6.07, 6.45) is 4.02. The molecule has 3 atom stereocenters. The Morgan fingerprint density at radius 2 is 1.79 bits per heavy atom. The predicted molar refractivity (Wildman–Crippen MR) is 141 cm³/mol. The minimum absolute atomic E-state index is 0.0189. The first-order valence-corrected chi connectivity index (χ1v) is 13.1. The standard InChI is InChI=1S/C30H31NO8/c1-12-6-5-7-28(2,3)29(12)11-15-14-8-13-9-16(32)22(27(31)37)26(36)30(13,38)25(35)20(14)24(34)21-17(33)10-18(39-4)23(29)19(15)21/h6,10,13,33-34,36,38H,5,7-9,11H2,1-4H3,(H2,31,37)/t13?,29-,30-/m0/s1. The molecule has 1 unspecified atom stereocenters. The molecule has 0 saturated heterocycles. The molecule has 39 heavy (non-hydrogen) atoms. The van der Waals surface area contributed by atoms with Gasteiger partial charge in [-0.2, -0.15) is 0 Å². The van der Waals surface area contributed by atoms with E-state index in [4.69, 9.17) is 10.5 Å². The molecule has 0 fully saturated rings. The molecule has 2 aromatic rings. The van der Waals surface area contributed by atoms with Crippen LogP contribution in [0, 0.1) is 11.3 Å². The number of carbonyl (C=O) groups excluding carboxylic acids is 3. The number of rotatable bonds is 2. The van der Waals surface area contributed by atoms with E-state index < -0.39 is 51.5 Å². The van der Waals surface area contributed by atoms with Crippen LogP contribution in [0.1, 0.15) is 67.1 Å². The molecule has 9 heteroatoms. The van der Waals surface area contributed by atoms with E-state index in [0.29, 0.717) is 23.1 Å². The summed E-state index contributed by atoms with van der Waals surface area (Å²) in [4.78, 5) is 38.7. The van der Waals surface area contributed by atoms with E-state index in [2.05, 4.69) is 26.8 Å². The lowest BCUT2D eigenvalue weighted by Gasteiger charge is -2.49. The van der Waals surface area contributed by atoms with Crippen LogP contribution in [0.5, 0.6) is 17.2 Å². The molecule has 6 rings (SSSR count). The second kappa shape index (κ2) is 7.63. The monoisotopic (exact) mass is 533 g/mol. The maximum atomic E-state index is 14.0. The molecule has 204 valence electrons. The summed E-state index contributed by atoms with van der Waals surface area (Å²) in [6, 6.07) is 1.44. The van der Waals surface area contributed by atoms with Crippen LogP contribution in [0.3, 0.4) is 0 Å². The van der Waals surface area contributed by atoms with Gasteiger partial charge in [-0.1, -0.05) is 25.5 Å². The van der Waals surface area contributed by atoms with Gasteiger partial charge in [0.15, 0.2) is 11.4 Å². The number of hydrogen-bond acceptors (Lipinski definition) is 8. The van der Waals surface area contributed by atoms with Gasteiger partial charge in [0.25, 0.3) is 5.91 Å². The van der Waals surface area contributed by atoms with E-state index in [-0.39, 0.29) is 35.0 Å². The number of primary amides is 1. The number of hydrogen-bond donors (Lipinski definition) is 5. The third kappa shape index (κ3) is 2.76. The second-order valence-electron chi connectivity index (χ2n) is 12.0. The molecular weight excluding hydrogens is 502 g/mol. The van der Waals surface area contributed by atoms with Crippen LogP contribution in [0.4, 0.5) is 0 Å². The number of aliphatic hydroxyl groups is 2. The van der Waals surface area contributed by atoms with E-state index in [9.17, 15) is 34.8 Å². The summed E-state index contributed by atoms with van der Waals surface area (Å²) >= 11 is 0. The van der Waals surface area contributed by atoms with Crippen molar-refractivity contribution < 1.29 is 39.5 Å². The number of benzene rings is 2. The van der Waals surface area contributed by atoms with Gasteiger partial charge in [0.1, 0.15) is 28.6 Å². The molecule has 0 aromatic heterocycles. The molecule has 4 aliphatic rings. The molecule has 0 aliphatic heterocycles. The minimum atomic E-state index is -2.62. The molecule has 2 aromatic carbocycles. The first-order chi connectivity index (χ1) is 18.2. The number of ether oxygens (including phenoxy) is 1. The number of nitrogens with two attached hydrogens (primary N) is 1. The van der Waals surface area contributed by atoms with Gasteiger partial charge in [-0.3, -0.25) is 14.4 Å². The predicted octanol–water partition coefficient (Wildman–Crippen LogP) is 3.18. The Bertz CT molecular complexity index is 1630. The summed E-state index contributed by atoms with van der Waals surface area (Å²) in [6.45, 7) is 6.42. The number of aromatic hydroxyl groups is 2. The fourth-order valence-corrected chi connectivity index (χ4v) is 8.04. The van der Waals surface area contributed by atoms with Crippen molar-refractivity contribution in [3.63, 3.8) is 0 Å². The summed E-state index contributed by atoms with van der Waals surface area (Å²) in [5.41, 5.74) is 3.94. The number of methoxy groups -OCH3 is 1. The average Bonchev–Trinajstić information content (AvgIpc) is 3.21. The molecule has 1 amide bonds. The number of phenols is 2. The maximum absolute atomic E-state index is 14.0. The average molecular weight is 534 g/mol. The number of carbonyl (C=O) groups is 3. The van der Waals surface area contributed by atoms with E-state index in [0.717, 1.165) is 29.5 Å². The molecule has 0 radical (unpaired) electrons. The number of ketones is 2. The van der Waals surface area contributed by atoms with Crippen LogP contribution in [0.25, 0.3) is 10.8 Å². The van der Waals surface area contributed by atoms with Gasteiger partial charge >= 0.3 is 0 Å². The van der Waals surface area contributed by atoms with Crippen molar-refractivity contribution in [3.8, 4) is 17.2 Å². The van der Waals surface area contributed by atoms with Gasteiger partial charge in [-0.25, -0.2) is 0 Å². The highest BCUT2D eigenvalue weighted by atomic mass is 16.5. The number of Topliss-reactive ketones (excluding diaryl/α,β-unsaturated/α-hetero) is 2. The van der Waals surface area contributed by atoms with Crippen molar-refractivity contribution in [3.05, 3.63) is 51.3 Å². The highest BCUT2D eigenvalue weighted by Crippen LogP contribution is 2.65. The Morgan fingerprint density at radius 1 is 1.10 bits per heavy atom. The van der Waals surface area contributed by atoms with E-state index >= 15 is 0 Å². The zero-order valence-corrected chi connectivity index (χ0v) is 22.3. The van der Waals surface area contributed by atoms with E-state index in [1.807, 2.05) is 0 Å². The zero-order chi connectivity index (χ0) is 28.4. The molecule has 6 N–H and O–H groups in total. The van der Waals surface area contributed by atoms with Crippen molar-refractivity contribution in [2.24, 2.45) is 17.1 Å². The van der Waals surface area contributed by atoms with Crippen LogP contribution in [-0.4, -0.2) is 50.6 Å². The van der Waals surface area contributed by atoms with Gasteiger partial charge in [0, 0.05) is 34.8 Å². The number of aliphatic hydroxyl groups excluding tert-OH is 1. The van der Waals surface area contributed by atoms with Crippen LogP contribution >= 0.6 is 0 Å². The lowest BCUT2D eigenvalue weighted by molar-refractivity contribution is -0.125. The molecule has 1 spiro atoms. The lowest BCUT2D eigenvalue weighted by atomic mass is 9.54. The Labute approximate surface area is 224 Å². The van der Waals surface area contributed by atoms with Gasteiger partial charge in [-0.05, 0) is 49.1 Å². The molecule has 0 heterocycles. The Balaban J connectivity index is 1.73. The number of allylic oxidation sites excluding steroid dienone is 2. The largest absolute Gasteiger partial charge is 0.508 e. The molecule has 0 saturated carbocycles. The molecule has 4 aliphatic carbocycles. The smallest absolute Gasteiger partial charge is 0.255 e. The summed E-state index contributed by atoms with van der Waals surface area (Å²) in [7, 11) is 1.53. The van der Waals surface area contributed by atoms with Gasteiger partial charge in [-0.15, -0.1) is 0 Å². The Hall–Kier alpha value is -3.85. The fraction of sp³-hybridized carbons (Fsp3) is 0.433. The van der Waals surface area contributed by atoms with Gasteiger partial charge < -0.3 is 30.9 Å². The number of amides is 1. The van der Waals surface area contributed by atoms with Crippen molar-refractivity contribution in [1.29, 1.82) is 0 Å². The minimum Gasteiger partial charge on any atom is -0.508 e. The van der Waals surface area contributed by atoms with Gasteiger partial charge in [0.2, 0.25) is 5.78 Å². The second-order valence-corrected chi connectivity index (χ2v) is 12.0. The van der Waals surface area contributed by atoms with Crippen LogP contribution in [0.2, 0.25) is 0 Å². The third-order valence-corrected chi connectivity index (χ3v) is 10.0. The molecular formula is C30H31NO8. The maximum Gasteiger partial charge on any atom is 0.255 e. The summed E-state index contributed by atoms with van der Waals surface area (Å²) < 4.78 is 5.79. The normalized spacial score (nSPS) is 28.9. The van der Waals surface area contributed by atoms with E-state index in [1.54, 1.807) is 0 Å². The molecule has 0 bridgehead atoms. The van der Waals surface area contributed by atoms with Gasteiger partial charge in [0.05, 0.1) is 18.1 Å². The quantitative estimate of drug-likeness (QED) is 0.290. The third-order valence-electron chi connectivity index (χ3n) is 10.0. The summed E-state index contributed by atoms with van der Waals surface area (Å²) in [5.74, 6) is -5.56. The first kappa shape index (κ1) is 25.4. The van der Waals surface area contributed by atoms with Crippen molar-refractivity contribution in [1.82, 2.24) is 0 Å². The molecule has 9 nitrogen and oxygen atoms in total. The van der Waals surface area contributed by atoms with E-state index in [1.165, 1.54) is 13.2 Å². The van der Waals surface area contributed by atoms with Crippen molar-refractivity contribution >= 4 is 28.2 Å². The topological polar surface area (TPSA) is 167 Å². The fourth-order valence-electron chi connectivity index (χ4n) is 8.04. The van der Waals surface area contributed by atoms with Crippen molar-refractivity contribution in [2.45, 2.75) is 63.9 Å². The Morgan fingerprint density at radius 3 is 2.41 bits per heavy atom. The van der Waals surface area contributed by atoms with Crippen LogP contribution in [-0.2, 0) is 27.8 Å². The highest BCUT2D eigenvalue weighted by molar-refractivity contribution is 6.23. The van der Waals surface area contributed by atoms with Crippen molar-refractivity contribution in [2.75, 3.05) is 7.11 Å². The zero-order valence-electron chi connectivity index (χ0n) is 22.3. The Kier molecular flexibility index (Phi) is 4.97.